The SMILES string of the molecule is O=[N+]([O-])c1cc(S(=O)(=O)NCCCC(F)(F)F)ccc1O. The average molecular weight is 328 g/mol. The number of halogens is 3. The lowest BCUT2D eigenvalue weighted by Gasteiger charge is -2.08. The van der Waals surface area contributed by atoms with Crippen molar-refractivity contribution >= 4 is 15.7 Å². The van der Waals surface area contributed by atoms with E-state index in [0.29, 0.717) is 6.07 Å². The molecule has 0 radical (unpaired) electrons. The molecule has 1 aromatic rings. The lowest BCUT2D eigenvalue weighted by molar-refractivity contribution is -0.386. The first-order chi connectivity index (χ1) is 9.53. The number of benzene rings is 1. The van der Waals surface area contributed by atoms with Gasteiger partial charge in [0.25, 0.3) is 0 Å². The molecular weight excluding hydrogens is 317 g/mol. The van der Waals surface area contributed by atoms with Crippen LogP contribution in [-0.4, -0.2) is 31.2 Å². The minimum atomic E-state index is -4.39. The number of sulfonamides is 1. The van der Waals surface area contributed by atoms with Gasteiger partial charge in [-0.3, -0.25) is 10.1 Å². The lowest BCUT2D eigenvalue weighted by atomic mass is 10.3. The molecule has 0 saturated heterocycles. The van der Waals surface area contributed by atoms with E-state index in [0.717, 1.165) is 12.1 Å². The molecule has 118 valence electrons. The highest BCUT2D eigenvalue weighted by molar-refractivity contribution is 7.89. The summed E-state index contributed by atoms with van der Waals surface area (Å²) in [6, 6.07) is 2.36. The van der Waals surface area contributed by atoms with Crippen molar-refractivity contribution < 1.29 is 31.6 Å². The van der Waals surface area contributed by atoms with Gasteiger partial charge in [0.1, 0.15) is 0 Å². The quantitative estimate of drug-likeness (QED) is 0.471. The molecule has 7 nitrogen and oxygen atoms in total. The summed E-state index contributed by atoms with van der Waals surface area (Å²) in [6.45, 7) is -0.462. The second-order valence-electron chi connectivity index (χ2n) is 4.02. The monoisotopic (exact) mass is 328 g/mol. The van der Waals surface area contributed by atoms with Crippen molar-refractivity contribution in [2.24, 2.45) is 0 Å². The smallest absolute Gasteiger partial charge is 0.389 e. The van der Waals surface area contributed by atoms with E-state index >= 15 is 0 Å². The van der Waals surface area contributed by atoms with Crippen LogP contribution in [-0.2, 0) is 10.0 Å². The fourth-order valence-electron chi connectivity index (χ4n) is 1.40. The molecule has 0 aromatic heterocycles. The second-order valence-corrected chi connectivity index (χ2v) is 5.79. The van der Waals surface area contributed by atoms with Crippen molar-refractivity contribution in [3.63, 3.8) is 0 Å². The van der Waals surface area contributed by atoms with Gasteiger partial charge < -0.3 is 5.11 Å². The van der Waals surface area contributed by atoms with Crippen LogP contribution in [0.3, 0.4) is 0 Å². The molecule has 0 aliphatic rings. The van der Waals surface area contributed by atoms with Crippen molar-refractivity contribution in [3.05, 3.63) is 28.3 Å². The summed E-state index contributed by atoms with van der Waals surface area (Å²) < 4.78 is 61.1. The normalized spacial score (nSPS) is 12.3. The molecule has 1 aromatic carbocycles. The summed E-state index contributed by atoms with van der Waals surface area (Å²) in [5.74, 6) is -0.712. The van der Waals surface area contributed by atoms with Crippen LogP contribution in [0.4, 0.5) is 18.9 Å². The molecule has 0 bridgehead atoms. The van der Waals surface area contributed by atoms with Crippen molar-refractivity contribution in [3.8, 4) is 5.75 Å². The van der Waals surface area contributed by atoms with Crippen molar-refractivity contribution in [1.29, 1.82) is 0 Å². The van der Waals surface area contributed by atoms with Gasteiger partial charge in [0, 0.05) is 19.0 Å². The number of phenols is 1. The maximum Gasteiger partial charge on any atom is 0.389 e. The molecular formula is C10H11F3N2O5S. The first-order valence-corrected chi connectivity index (χ1v) is 7.05. The van der Waals surface area contributed by atoms with Gasteiger partial charge >= 0.3 is 11.9 Å². The van der Waals surface area contributed by atoms with Gasteiger partial charge in [-0.1, -0.05) is 0 Å². The van der Waals surface area contributed by atoms with Crippen LogP contribution >= 0.6 is 0 Å². The predicted molar refractivity (Wildman–Crippen MR) is 65.2 cm³/mol. The third-order valence-electron chi connectivity index (χ3n) is 2.38. The Morgan fingerprint density at radius 2 is 1.95 bits per heavy atom. The number of rotatable bonds is 6. The lowest BCUT2D eigenvalue weighted by Crippen LogP contribution is -2.26. The van der Waals surface area contributed by atoms with Crippen molar-refractivity contribution in [1.82, 2.24) is 4.72 Å². The van der Waals surface area contributed by atoms with Gasteiger partial charge in [-0.05, 0) is 18.6 Å². The summed E-state index contributed by atoms with van der Waals surface area (Å²) in [5.41, 5.74) is -0.812. The first-order valence-electron chi connectivity index (χ1n) is 5.57. The van der Waals surface area contributed by atoms with Gasteiger partial charge in [-0.25, -0.2) is 13.1 Å². The van der Waals surface area contributed by atoms with E-state index < -0.39 is 56.8 Å². The van der Waals surface area contributed by atoms with Gasteiger partial charge in [-0.15, -0.1) is 0 Å². The van der Waals surface area contributed by atoms with Crippen LogP contribution in [0.25, 0.3) is 0 Å². The largest absolute Gasteiger partial charge is 0.502 e. The third kappa shape index (κ3) is 5.19. The molecule has 21 heavy (non-hydrogen) atoms. The predicted octanol–water partition coefficient (Wildman–Crippen LogP) is 1.92. The number of alkyl halides is 3. The van der Waals surface area contributed by atoms with Crippen LogP contribution in [0.2, 0.25) is 0 Å². The topological polar surface area (TPSA) is 110 Å². The van der Waals surface area contributed by atoms with Crippen LogP contribution in [0.5, 0.6) is 5.75 Å². The number of hydrogen-bond donors (Lipinski definition) is 2. The third-order valence-corrected chi connectivity index (χ3v) is 3.84. The summed E-state index contributed by atoms with van der Waals surface area (Å²) in [4.78, 5) is 9.09. The van der Waals surface area contributed by atoms with E-state index in [2.05, 4.69) is 0 Å². The molecule has 0 unspecified atom stereocenters. The Kier molecular flexibility index (Phi) is 5.12. The molecule has 0 saturated carbocycles. The van der Waals surface area contributed by atoms with Crippen LogP contribution in [0, 0.1) is 10.1 Å². The highest BCUT2D eigenvalue weighted by Gasteiger charge is 2.27. The second kappa shape index (κ2) is 6.26. The summed E-state index contributed by atoms with van der Waals surface area (Å²) >= 11 is 0. The van der Waals surface area contributed by atoms with E-state index in [-0.39, 0.29) is 0 Å². The summed E-state index contributed by atoms with van der Waals surface area (Å²) in [7, 11) is -4.18. The number of nitrogens with one attached hydrogen (secondary N) is 1. The molecule has 0 aliphatic heterocycles. The summed E-state index contributed by atoms with van der Waals surface area (Å²) in [5, 5.41) is 19.8. The van der Waals surface area contributed by atoms with E-state index in [1.807, 2.05) is 4.72 Å². The number of aromatic hydroxyl groups is 1. The van der Waals surface area contributed by atoms with Crippen molar-refractivity contribution in [2.75, 3.05) is 6.54 Å². The maximum absolute atomic E-state index is 11.9. The van der Waals surface area contributed by atoms with Crippen LogP contribution < -0.4 is 4.72 Å². The van der Waals surface area contributed by atoms with E-state index in [1.54, 1.807) is 0 Å². The van der Waals surface area contributed by atoms with Gasteiger partial charge in [0.05, 0.1) is 9.82 Å². The molecule has 0 atom stereocenters. The van der Waals surface area contributed by atoms with E-state index in [9.17, 15) is 36.8 Å². The Morgan fingerprint density at radius 3 is 2.48 bits per heavy atom. The highest BCUT2D eigenvalue weighted by Crippen LogP contribution is 2.28. The zero-order valence-electron chi connectivity index (χ0n) is 10.4. The number of hydrogen-bond acceptors (Lipinski definition) is 5. The highest BCUT2D eigenvalue weighted by atomic mass is 32.2. The van der Waals surface area contributed by atoms with Gasteiger partial charge in [-0.2, -0.15) is 13.2 Å². The average Bonchev–Trinajstić information content (AvgIpc) is 2.33. The fraction of sp³-hybridized carbons (Fsp3) is 0.400. The molecule has 0 fully saturated rings. The van der Waals surface area contributed by atoms with Gasteiger partial charge in [0.15, 0.2) is 5.75 Å². The number of nitrogens with zero attached hydrogens (tertiary/aromatic N) is 1. The first kappa shape index (κ1) is 17.2. The Morgan fingerprint density at radius 1 is 1.33 bits per heavy atom. The number of phenolic OH excluding ortho intramolecular Hbond substituents is 1. The fourth-order valence-corrected chi connectivity index (χ4v) is 2.49. The zero-order valence-corrected chi connectivity index (χ0v) is 11.2. The van der Waals surface area contributed by atoms with E-state index in [1.165, 1.54) is 0 Å². The molecule has 0 spiro atoms. The molecule has 1 rings (SSSR count). The minimum absolute atomic E-state index is 0.455. The molecule has 0 aliphatic carbocycles. The Hall–Kier alpha value is -1.88. The van der Waals surface area contributed by atoms with Crippen LogP contribution in [0.1, 0.15) is 12.8 Å². The zero-order chi connectivity index (χ0) is 16.3. The van der Waals surface area contributed by atoms with Crippen LogP contribution in [0.15, 0.2) is 23.1 Å². The van der Waals surface area contributed by atoms with E-state index in [4.69, 9.17) is 0 Å². The Bertz CT molecular complexity index is 630. The molecule has 2 N–H and O–H groups in total. The standard InChI is InChI=1S/C10H11F3N2O5S/c11-10(12,13)4-1-5-14-21(19,20)7-2-3-9(16)8(6-7)15(17)18/h2-3,6,14,16H,1,4-5H2. The Balaban J connectivity index is 2.79. The minimum Gasteiger partial charge on any atom is -0.502 e. The van der Waals surface area contributed by atoms with Gasteiger partial charge in [0.2, 0.25) is 10.0 Å². The molecule has 0 heterocycles. The molecule has 11 heteroatoms. The Labute approximate surface area is 117 Å². The summed E-state index contributed by atoms with van der Waals surface area (Å²) in [6.07, 6.45) is -5.99. The van der Waals surface area contributed by atoms with Crippen molar-refractivity contribution in [2.45, 2.75) is 23.9 Å². The molecule has 0 amide bonds. The maximum atomic E-state index is 11.9. The number of nitro groups is 1. The number of nitro benzene ring substituents is 1.